The van der Waals surface area contributed by atoms with Crippen molar-refractivity contribution in [3.05, 3.63) is 0 Å². The van der Waals surface area contributed by atoms with E-state index in [1.165, 1.54) is 13.3 Å². The van der Waals surface area contributed by atoms with E-state index >= 15 is 0 Å². The first-order valence-corrected chi connectivity index (χ1v) is 11.0. The van der Waals surface area contributed by atoms with E-state index in [-0.39, 0.29) is 22.9 Å². The van der Waals surface area contributed by atoms with Gasteiger partial charge in [0.05, 0.1) is 11.7 Å². The number of aliphatic hydroxyl groups is 1. The zero-order chi connectivity index (χ0) is 19.4. The van der Waals surface area contributed by atoms with Crippen LogP contribution in [-0.4, -0.2) is 22.8 Å². The normalized spacial score (nSPS) is 51.4. The first kappa shape index (κ1) is 19.2. The van der Waals surface area contributed by atoms with Gasteiger partial charge in [0.25, 0.3) is 0 Å². The van der Waals surface area contributed by atoms with E-state index in [0.717, 1.165) is 51.4 Å². The largest absolute Gasteiger partial charge is 0.463 e. The zero-order valence-electron chi connectivity index (χ0n) is 17.2. The highest BCUT2D eigenvalue weighted by Crippen LogP contribution is 2.69. The van der Waals surface area contributed by atoms with Crippen LogP contribution in [0.5, 0.6) is 0 Å². The number of carbonyl (C=O) groups excluding carboxylic acids is 1. The average molecular weight is 374 g/mol. The summed E-state index contributed by atoms with van der Waals surface area (Å²) in [6.45, 7) is 6.23. The van der Waals surface area contributed by atoms with Crippen LogP contribution in [0, 0.1) is 45.8 Å². The molecule has 4 aliphatic carbocycles. The lowest BCUT2D eigenvalue weighted by Crippen LogP contribution is -2.62. The van der Waals surface area contributed by atoms with Gasteiger partial charge in [-0.05, 0) is 86.9 Å². The topological polar surface area (TPSA) is 70.3 Å². The molecule has 8 atom stereocenters. The van der Waals surface area contributed by atoms with Crippen LogP contribution in [0.2, 0.25) is 0 Å². The molecule has 1 N–H and O–H groups in total. The van der Waals surface area contributed by atoms with Gasteiger partial charge < -0.3 is 9.84 Å². The minimum Gasteiger partial charge on any atom is -0.463 e. The Morgan fingerprint density at radius 2 is 1.89 bits per heavy atom. The molecule has 4 aliphatic rings. The van der Waals surface area contributed by atoms with Gasteiger partial charge in [-0.1, -0.05) is 13.8 Å². The Morgan fingerprint density at radius 1 is 1.11 bits per heavy atom. The molecule has 4 fully saturated rings. The Morgan fingerprint density at radius 3 is 2.59 bits per heavy atom. The van der Waals surface area contributed by atoms with Crippen molar-refractivity contribution in [2.75, 3.05) is 0 Å². The van der Waals surface area contributed by atoms with E-state index in [1.54, 1.807) is 0 Å². The van der Waals surface area contributed by atoms with Gasteiger partial charge in [0.15, 0.2) is 0 Å². The third kappa shape index (κ3) is 2.68. The number of hydrogen-bond acceptors (Lipinski definition) is 4. The third-order valence-corrected chi connectivity index (χ3v) is 9.67. The van der Waals surface area contributed by atoms with Gasteiger partial charge in [0.2, 0.25) is 0 Å². The summed E-state index contributed by atoms with van der Waals surface area (Å²) in [5.74, 6) is 1.72. The third-order valence-electron chi connectivity index (χ3n) is 9.67. The highest BCUT2D eigenvalue weighted by Gasteiger charge is 2.67. The second-order valence-electron chi connectivity index (χ2n) is 10.5. The predicted octanol–water partition coefficient (Wildman–Crippen LogP) is 4.61. The molecule has 0 unspecified atom stereocenters. The summed E-state index contributed by atoms with van der Waals surface area (Å²) in [7, 11) is 0. The fraction of sp³-hybridized carbons (Fsp3) is 0.913. The van der Waals surface area contributed by atoms with E-state index in [4.69, 9.17) is 4.74 Å². The van der Waals surface area contributed by atoms with Crippen LogP contribution in [0.4, 0.5) is 0 Å². The van der Waals surface area contributed by atoms with Crippen LogP contribution in [-0.2, 0) is 9.53 Å². The summed E-state index contributed by atoms with van der Waals surface area (Å²) in [4.78, 5) is 11.4. The van der Waals surface area contributed by atoms with Crippen molar-refractivity contribution in [1.82, 2.24) is 0 Å². The summed E-state index contributed by atoms with van der Waals surface area (Å²) in [5, 5.41) is 21.2. The van der Waals surface area contributed by atoms with E-state index in [0.29, 0.717) is 30.1 Å². The van der Waals surface area contributed by atoms with Gasteiger partial charge in [0.1, 0.15) is 6.10 Å². The number of carbonyl (C=O) groups is 1. The quantitative estimate of drug-likeness (QED) is 0.718. The fourth-order valence-electron chi connectivity index (χ4n) is 8.08. The number of rotatable bonds is 2. The lowest BCUT2D eigenvalue weighted by atomic mass is 9.43. The van der Waals surface area contributed by atoms with Gasteiger partial charge in [0, 0.05) is 18.8 Å². The van der Waals surface area contributed by atoms with Crippen molar-refractivity contribution >= 4 is 5.97 Å². The molecule has 0 saturated heterocycles. The van der Waals surface area contributed by atoms with Crippen LogP contribution in [0.25, 0.3) is 0 Å². The lowest BCUT2D eigenvalue weighted by Gasteiger charge is -2.63. The monoisotopic (exact) mass is 373 g/mol. The second kappa shape index (κ2) is 6.48. The Bertz CT molecular complexity index is 656. The minimum atomic E-state index is -0.599. The number of hydrogen-bond donors (Lipinski definition) is 1. The Labute approximate surface area is 163 Å². The summed E-state index contributed by atoms with van der Waals surface area (Å²) in [5.41, 5.74) is -0.440. The molecule has 0 aromatic carbocycles. The van der Waals surface area contributed by atoms with Crippen molar-refractivity contribution in [3.63, 3.8) is 0 Å². The molecule has 0 heterocycles. The van der Waals surface area contributed by atoms with E-state index in [2.05, 4.69) is 19.9 Å². The summed E-state index contributed by atoms with van der Waals surface area (Å²) < 4.78 is 5.55. The van der Waals surface area contributed by atoms with Crippen molar-refractivity contribution in [1.29, 1.82) is 5.26 Å². The molecule has 0 amide bonds. The molecular formula is C23H35NO3. The Hall–Kier alpha value is -1.08. The van der Waals surface area contributed by atoms with Gasteiger partial charge in [-0.25, -0.2) is 0 Å². The van der Waals surface area contributed by atoms with E-state index in [9.17, 15) is 15.2 Å². The Kier molecular flexibility index (Phi) is 4.62. The van der Waals surface area contributed by atoms with Crippen LogP contribution in [0.15, 0.2) is 0 Å². The molecule has 0 aromatic heterocycles. The second-order valence-corrected chi connectivity index (χ2v) is 10.5. The molecule has 27 heavy (non-hydrogen) atoms. The highest BCUT2D eigenvalue weighted by molar-refractivity contribution is 5.66. The molecule has 0 bridgehead atoms. The lowest BCUT2D eigenvalue weighted by molar-refractivity contribution is -0.211. The maximum Gasteiger partial charge on any atom is 0.302 e. The van der Waals surface area contributed by atoms with Gasteiger partial charge >= 0.3 is 5.97 Å². The zero-order valence-corrected chi connectivity index (χ0v) is 17.2. The molecule has 0 aliphatic heterocycles. The standard InChI is InChI=1S/C23H35NO3/c1-15(25)27-18-7-10-21(2)17(14-18)4-5-20-19(21)8-11-22(3)16(9-13-24)6-12-23(20,22)26/h16-20,26H,4-12,14H2,1-3H3/t16-,17-,18+,19+,20-,21+,22-,23+/m1/s1. The van der Waals surface area contributed by atoms with Gasteiger partial charge in [-0.3, -0.25) is 4.79 Å². The fourth-order valence-corrected chi connectivity index (χ4v) is 8.08. The van der Waals surface area contributed by atoms with Crippen LogP contribution in [0.1, 0.15) is 85.0 Å². The molecule has 150 valence electrons. The van der Waals surface area contributed by atoms with Crippen molar-refractivity contribution in [3.8, 4) is 6.07 Å². The van der Waals surface area contributed by atoms with Crippen molar-refractivity contribution in [2.45, 2.75) is 96.7 Å². The minimum absolute atomic E-state index is 0.0838. The maximum absolute atomic E-state index is 12.0. The molecule has 4 nitrogen and oxygen atoms in total. The highest BCUT2D eigenvalue weighted by atomic mass is 16.5. The molecule has 0 spiro atoms. The molecule has 4 saturated carbocycles. The summed E-state index contributed by atoms with van der Waals surface area (Å²) in [6, 6.07) is 2.38. The number of fused-ring (bicyclic) bond motifs is 5. The van der Waals surface area contributed by atoms with E-state index in [1.807, 2.05) is 0 Å². The number of nitriles is 1. The predicted molar refractivity (Wildman–Crippen MR) is 102 cm³/mol. The van der Waals surface area contributed by atoms with Gasteiger partial charge in [-0.2, -0.15) is 5.26 Å². The molecule has 0 radical (unpaired) electrons. The number of esters is 1. The van der Waals surface area contributed by atoms with Crippen molar-refractivity contribution < 1.29 is 14.6 Å². The van der Waals surface area contributed by atoms with Crippen molar-refractivity contribution in [2.24, 2.45) is 34.5 Å². The number of ether oxygens (including phenoxy) is 1. The molecule has 4 rings (SSSR count). The van der Waals surface area contributed by atoms with E-state index < -0.39 is 5.60 Å². The summed E-state index contributed by atoms with van der Waals surface area (Å²) >= 11 is 0. The average Bonchev–Trinajstić information content (AvgIpc) is 2.87. The van der Waals surface area contributed by atoms with Crippen LogP contribution < -0.4 is 0 Å². The first-order chi connectivity index (χ1) is 12.7. The van der Waals surface area contributed by atoms with Crippen LogP contribution >= 0.6 is 0 Å². The molecule has 0 aromatic rings. The van der Waals surface area contributed by atoms with Gasteiger partial charge in [-0.15, -0.1) is 0 Å². The first-order valence-electron chi connectivity index (χ1n) is 11.0. The molecular weight excluding hydrogens is 338 g/mol. The smallest absolute Gasteiger partial charge is 0.302 e. The Balaban J connectivity index is 1.57. The van der Waals surface area contributed by atoms with Crippen LogP contribution in [0.3, 0.4) is 0 Å². The molecule has 4 heteroatoms. The summed E-state index contributed by atoms with van der Waals surface area (Å²) in [6.07, 6.45) is 10.0. The number of nitrogens with zero attached hydrogens (tertiary/aromatic N) is 1. The maximum atomic E-state index is 12.0. The SMILES string of the molecule is CC(=O)O[C@H]1CC[C@@]2(C)[C@H](CC[C@@H]3[C@@H]2CC[C@]2(C)[C@@H](CC#N)CC[C@]32O)C1.